The van der Waals surface area contributed by atoms with Crippen molar-refractivity contribution in [2.24, 2.45) is 0 Å². The first-order valence-corrected chi connectivity index (χ1v) is 7.68. The molecule has 0 amide bonds. The first-order valence-electron chi connectivity index (χ1n) is 7.68. The van der Waals surface area contributed by atoms with Gasteiger partial charge in [0.1, 0.15) is 14.0 Å². The van der Waals surface area contributed by atoms with Crippen LogP contribution >= 0.6 is 0 Å². The van der Waals surface area contributed by atoms with Gasteiger partial charge in [-0.2, -0.15) is 0 Å². The number of fused-ring (bicyclic) bond motifs is 1. The number of benzene rings is 2. The van der Waals surface area contributed by atoms with Crippen molar-refractivity contribution in [3.05, 3.63) is 77.8 Å². The van der Waals surface area contributed by atoms with Gasteiger partial charge in [-0.3, -0.25) is 0 Å². The van der Waals surface area contributed by atoms with Gasteiger partial charge in [0.25, 0.3) is 0 Å². The average Bonchev–Trinajstić information content (AvgIpc) is 2.96. The zero-order valence-corrected chi connectivity index (χ0v) is 12.4. The molecule has 4 rings (SSSR count). The Balaban J connectivity index is 1.79. The van der Waals surface area contributed by atoms with Crippen molar-refractivity contribution in [2.45, 2.75) is 19.0 Å². The first-order chi connectivity index (χ1) is 10.8. The number of hydrogen-bond acceptors (Lipinski definition) is 2. The van der Waals surface area contributed by atoms with E-state index in [1.165, 1.54) is 22.6 Å². The summed E-state index contributed by atoms with van der Waals surface area (Å²) in [5.41, 5.74) is 5.94. The van der Waals surface area contributed by atoms with E-state index >= 15 is 0 Å². The fourth-order valence-corrected chi connectivity index (χ4v) is 3.19. The van der Waals surface area contributed by atoms with E-state index in [0.29, 0.717) is 0 Å². The second-order valence-corrected chi connectivity index (χ2v) is 5.75. The second kappa shape index (κ2) is 5.41. The van der Waals surface area contributed by atoms with Crippen molar-refractivity contribution in [3.8, 4) is 0 Å². The van der Waals surface area contributed by atoms with Crippen LogP contribution in [-0.4, -0.2) is 14.0 Å². The van der Waals surface area contributed by atoms with Crippen LogP contribution in [0.15, 0.2) is 77.8 Å². The zero-order chi connectivity index (χ0) is 14.9. The molecule has 106 valence electrons. The molecule has 0 saturated carbocycles. The van der Waals surface area contributed by atoms with E-state index in [1.807, 2.05) is 6.08 Å². The van der Waals surface area contributed by atoms with Gasteiger partial charge in [-0.25, -0.2) is 0 Å². The predicted molar refractivity (Wildman–Crippen MR) is 93.6 cm³/mol. The maximum absolute atomic E-state index is 5.91. The number of nitrogens with one attached hydrogen (secondary N) is 1. The Morgan fingerprint density at radius 1 is 0.909 bits per heavy atom. The van der Waals surface area contributed by atoms with E-state index in [4.69, 9.17) is 7.85 Å². The molecule has 0 aromatic heterocycles. The van der Waals surface area contributed by atoms with Crippen LogP contribution in [0.1, 0.15) is 12.8 Å². The third kappa shape index (κ3) is 2.23. The third-order valence-corrected chi connectivity index (χ3v) is 4.31. The predicted octanol–water partition coefficient (Wildman–Crippen LogP) is 4.35. The van der Waals surface area contributed by atoms with Crippen LogP contribution in [0.4, 0.5) is 17.1 Å². The molecule has 2 aliphatic rings. The number of anilines is 3. The molecule has 2 nitrogen and oxygen atoms in total. The summed E-state index contributed by atoms with van der Waals surface area (Å²) in [6, 6.07) is 19.0. The molecule has 1 atom stereocenters. The van der Waals surface area contributed by atoms with Gasteiger partial charge < -0.3 is 10.2 Å². The molecule has 0 saturated heterocycles. The van der Waals surface area contributed by atoms with E-state index in [0.717, 1.165) is 18.3 Å². The Kier molecular flexibility index (Phi) is 3.26. The Bertz CT molecular complexity index is 749. The fourth-order valence-electron chi connectivity index (χ4n) is 3.19. The van der Waals surface area contributed by atoms with E-state index < -0.39 is 0 Å². The minimum absolute atomic E-state index is 0.157. The fraction of sp³-hybridized carbons (Fsp3) is 0.158. The number of para-hydroxylation sites is 3. The number of hydrogen-bond donors (Lipinski definition) is 1. The van der Waals surface area contributed by atoms with Gasteiger partial charge in [-0.1, -0.05) is 42.5 Å². The van der Waals surface area contributed by atoms with Gasteiger partial charge in [0.2, 0.25) is 0 Å². The highest BCUT2D eigenvalue weighted by Gasteiger charge is 2.32. The lowest BCUT2D eigenvalue weighted by Crippen LogP contribution is -2.34. The Morgan fingerprint density at radius 2 is 1.68 bits per heavy atom. The van der Waals surface area contributed by atoms with E-state index in [2.05, 4.69) is 70.9 Å². The van der Waals surface area contributed by atoms with Crippen LogP contribution in [0.2, 0.25) is 0 Å². The van der Waals surface area contributed by atoms with Crippen molar-refractivity contribution < 1.29 is 0 Å². The molecule has 0 fully saturated rings. The minimum Gasteiger partial charge on any atom is -0.360 e. The van der Waals surface area contributed by atoms with Crippen molar-refractivity contribution in [1.29, 1.82) is 0 Å². The summed E-state index contributed by atoms with van der Waals surface area (Å²) in [5, 5.41) is 3.66. The molecule has 1 unspecified atom stereocenters. The van der Waals surface area contributed by atoms with E-state index in [-0.39, 0.29) is 6.17 Å². The second-order valence-electron chi connectivity index (χ2n) is 5.75. The monoisotopic (exact) mass is 284 g/mol. The average molecular weight is 284 g/mol. The highest BCUT2D eigenvalue weighted by Crippen LogP contribution is 2.42. The maximum Gasteiger partial charge on any atom is 0.126 e. The molecule has 0 spiro atoms. The molecule has 1 aliphatic heterocycles. The van der Waals surface area contributed by atoms with Gasteiger partial charge in [0.15, 0.2) is 0 Å². The molecular weight excluding hydrogens is 267 g/mol. The van der Waals surface area contributed by atoms with Crippen LogP contribution in [0.5, 0.6) is 0 Å². The lowest BCUT2D eigenvalue weighted by molar-refractivity contribution is 0.785. The zero-order valence-electron chi connectivity index (χ0n) is 12.4. The van der Waals surface area contributed by atoms with Gasteiger partial charge in [-0.05, 0) is 42.7 Å². The lowest BCUT2D eigenvalue weighted by atomic mass is 9.85. The highest BCUT2D eigenvalue weighted by molar-refractivity contribution is 6.21. The SMILES string of the molecule is [B]C1=CC=C(C2Nc3ccccc3N2c2ccccc2)CC1. The largest absolute Gasteiger partial charge is 0.360 e. The standard InChI is InChI=1S/C19H17BN2/c20-15-12-10-14(11-13-15)19-21-17-8-4-5-9-18(17)22(19)16-6-2-1-3-7-16/h1-10,12,19,21H,11,13H2. The maximum atomic E-state index is 5.91. The Hall–Kier alpha value is -2.42. The number of nitrogens with zero attached hydrogens (tertiary/aromatic N) is 1. The van der Waals surface area contributed by atoms with Crippen LogP contribution in [-0.2, 0) is 0 Å². The summed E-state index contributed by atoms with van der Waals surface area (Å²) >= 11 is 0. The van der Waals surface area contributed by atoms with Gasteiger partial charge >= 0.3 is 0 Å². The summed E-state index contributed by atoms with van der Waals surface area (Å²) in [6.45, 7) is 0. The quantitative estimate of drug-likeness (QED) is 0.825. The van der Waals surface area contributed by atoms with Crippen LogP contribution in [0.25, 0.3) is 0 Å². The summed E-state index contributed by atoms with van der Waals surface area (Å²) in [7, 11) is 5.91. The molecular formula is C19H17BN2. The number of rotatable bonds is 2. The first kappa shape index (κ1) is 13.3. The van der Waals surface area contributed by atoms with Crippen LogP contribution in [0.3, 0.4) is 0 Å². The van der Waals surface area contributed by atoms with Gasteiger partial charge in [0.05, 0.1) is 11.4 Å². The van der Waals surface area contributed by atoms with Crippen molar-refractivity contribution in [2.75, 3.05) is 10.2 Å². The smallest absolute Gasteiger partial charge is 0.126 e. The molecule has 1 aliphatic carbocycles. The van der Waals surface area contributed by atoms with Gasteiger partial charge in [0, 0.05) is 5.69 Å². The number of allylic oxidation sites excluding steroid dienone is 3. The van der Waals surface area contributed by atoms with Gasteiger partial charge in [-0.15, -0.1) is 5.47 Å². The molecule has 3 heteroatoms. The summed E-state index contributed by atoms with van der Waals surface area (Å²) < 4.78 is 0. The summed E-state index contributed by atoms with van der Waals surface area (Å²) in [6.07, 6.45) is 6.29. The van der Waals surface area contributed by atoms with Crippen LogP contribution in [0, 0.1) is 0 Å². The van der Waals surface area contributed by atoms with E-state index in [9.17, 15) is 0 Å². The normalized spacial score (nSPS) is 20.0. The molecule has 2 aromatic carbocycles. The molecule has 1 heterocycles. The summed E-state index contributed by atoms with van der Waals surface area (Å²) in [5.74, 6) is 0. The van der Waals surface area contributed by atoms with Crippen molar-refractivity contribution >= 4 is 24.9 Å². The topological polar surface area (TPSA) is 15.3 Å². The lowest BCUT2D eigenvalue weighted by Gasteiger charge is -2.30. The molecule has 22 heavy (non-hydrogen) atoms. The van der Waals surface area contributed by atoms with Crippen LogP contribution < -0.4 is 10.2 Å². The van der Waals surface area contributed by atoms with Crippen molar-refractivity contribution in [3.63, 3.8) is 0 Å². The van der Waals surface area contributed by atoms with E-state index in [1.54, 1.807) is 0 Å². The molecule has 0 bridgehead atoms. The Labute approximate surface area is 132 Å². The Morgan fingerprint density at radius 3 is 2.45 bits per heavy atom. The molecule has 2 aromatic rings. The van der Waals surface area contributed by atoms with Crippen molar-refractivity contribution in [1.82, 2.24) is 0 Å². The third-order valence-electron chi connectivity index (χ3n) is 4.31. The minimum atomic E-state index is 0.157. The molecule has 1 N–H and O–H groups in total. The summed E-state index contributed by atoms with van der Waals surface area (Å²) in [4.78, 5) is 2.37. The molecule has 2 radical (unpaired) electrons. The highest BCUT2D eigenvalue weighted by atomic mass is 15.3.